The predicted molar refractivity (Wildman–Crippen MR) is 69.4 cm³/mol. The Balaban J connectivity index is 1.77. The summed E-state index contributed by atoms with van der Waals surface area (Å²) in [6.07, 6.45) is 1.49. The number of nitrogens with zero attached hydrogens (tertiary/aromatic N) is 4. The minimum atomic E-state index is -0.248. The van der Waals surface area contributed by atoms with Gasteiger partial charge < -0.3 is 5.32 Å². The summed E-state index contributed by atoms with van der Waals surface area (Å²) in [5.41, 5.74) is 2.05. The first kappa shape index (κ1) is 12.0. The van der Waals surface area contributed by atoms with Crippen molar-refractivity contribution in [2.45, 2.75) is 6.54 Å². The van der Waals surface area contributed by atoms with E-state index in [-0.39, 0.29) is 12.5 Å². The molecular formula is C12H11N7O. The maximum atomic E-state index is 12.1. The van der Waals surface area contributed by atoms with Crippen LogP contribution in [0.1, 0.15) is 16.2 Å². The van der Waals surface area contributed by atoms with Gasteiger partial charge in [-0.25, -0.2) is 0 Å². The van der Waals surface area contributed by atoms with Gasteiger partial charge in [0.25, 0.3) is 5.91 Å². The number of amides is 1. The first-order valence-electron chi connectivity index (χ1n) is 5.94. The van der Waals surface area contributed by atoms with Crippen molar-refractivity contribution in [1.29, 1.82) is 0 Å². The second-order valence-corrected chi connectivity index (χ2v) is 4.04. The number of rotatable bonds is 4. The third-order valence-electron chi connectivity index (χ3n) is 2.74. The third kappa shape index (κ3) is 2.39. The molecule has 0 saturated carbocycles. The molecule has 0 radical (unpaired) electrons. The highest BCUT2D eigenvalue weighted by atomic mass is 16.1. The van der Waals surface area contributed by atoms with Crippen molar-refractivity contribution in [1.82, 2.24) is 36.1 Å². The fraction of sp³-hybridized carbons (Fsp3) is 0.0833. The fourth-order valence-electron chi connectivity index (χ4n) is 1.80. The van der Waals surface area contributed by atoms with Crippen molar-refractivity contribution in [3.63, 3.8) is 0 Å². The van der Waals surface area contributed by atoms with Gasteiger partial charge in [0, 0.05) is 5.56 Å². The molecule has 8 heteroatoms. The zero-order valence-electron chi connectivity index (χ0n) is 10.4. The first-order chi connectivity index (χ1) is 9.84. The van der Waals surface area contributed by atoms with E-state index >= 15 is 0 Å². The number of carbonyl (C=O) groups is 1. The van der Waals surface area contributed by atoms with Crippen molar-refractivity contribution < 1.29 is 4.79 Å². The highest BCUT2D eigenvalue weighted by Crippen LogP contribution is 2.20. The van der Waals surface area contributed by atoms with Crippen molar-refractivity contribution in [3.05, 3.63) is 47.9 Å². The summed E-state index contributed by atoms with van der Waals surface area (Å²) in [6.45, 7) is 0.203. The molecule has 0 fully saturated rings. The Hall–Kier alpha value is -3.03. The average molecular weight is 269 g/mol. The van der Waals surface area contributed by atoms with Gasteiger partial charge >= 0.3 is 0 Å². The molecule has 0 bridgehead atoms. The number of carbonyl (C=O) groups excluding carboxylic acids is 1. The number of H-pyrrole nitrogens is 2. The van der Waals surface area contributed by atoms with E-state index in [1.54, 1.807) is 0 Å². The van der Waals surface area contributed by atoms with E-state index in [1.807, 2.05) is 30.3 Å². The summed E-state index contributed by atoms with van der Waals surface area (Å²) in [4.78, 5) is 12.1. The van der Waals surface area contributed by atoms with E-state index in [0.717, 1.165) is 5.56 Å². The van der Waals surface area contributed by atoms with Gasteiger partial charge in [-0.3, -0.25) is 9.89 Å². The van der Waals surface area contributed by atoms with E-state index in [2.05, 4.69) is 36.1 Å². The average Bonchev–Trinajstić information content (AvgIpc) is 3.17. The second kappa shape index (κ2) is 5.31. The van der Waals surface area contributed by atoms with Crippen LogP contribution in [0.4, 0.5) is 0 Å². The zero-order chi connectivity index (χ0) is 13.8. The Kier molecular flexibility index (Phi) is 3.19. The summed E-state index contributed by atoms with van der Waals surface area (Å²) in [5.74, 6) is 0.172. The lowest BCUT2D eigenvalue weighted by Crippen LogP contribution is -2.23. The molecule has 3 rings (SSSR count). The highest BCUT2D eigenvalue weighted by Gasteiger charge is 2.15. The summed E-state index contributed by atoms with van der Waals surface area (Å²) in [7, 11) is 0. The molecule has 0 saturated heterocycles. The molecule has 3 N–H and O–H groups in total. The molecule has 100 valence electrons. The normalized spacial score (nSPS) is 10.4. The second-order valence-electron chi connectivity index (χ2n) is 4.04. The van der Waals surface area contributed by atoms with Crippen LogP contribution in [-0.2, 0) is 6.54 Å². The van der Waals surface area contributed by atoms with Gasteiger partial charge in [-0.1, -0.05) is 35.5 Å². The number of hydrogen-bond acceptors (Lipinski definition) is 5. The van der Waals surface area contributed by atoms with Crippen LogP contribution in [0.25, 0.3) is 11.3 Å². The van der Waals surface area contributed by atoms with Crippen LogP contribution >= 0.6 is 0 Å². The van der Waals surface area contributed by atoms with E-state index in [1.165, 1.54) is 6.20 Å². The molecule has 1 amide bonds. The standard InChI is InChI=1S/C12H11N7O/c20-12(13-7-10-15-18-19-16-10)9-6-14-17-11(9)8-4-2-1-3-5-8/h1-6H,7H2,(H,13,20)(H,14,17)(H,15,16,18,19). The monoisotopic (exact) mass is 269 g/mol. The summed E-state index contributed by atoms with van der Waals surface area (Å²) >= 11 is 0. The molecule has 1 aromatic carbocycles. The smallest absolute Gasteiger partial charge is 0.255 e. The van der Waals surface area contributed by atoms with Crippen LogP contribution in [-0.4, -0.2) is 36.7 Å². The van der Waals surface area contributed by atoms with Gasteiger partial charge in [0.05, 0.1) is 24.0 Å². The minimum absolute atomic E-state index is 0.203. The highest BCUT2D eigenvalue weighted by molar-refractivity contribution is 5.99. The summed E-state index contributed by atoms with van der Waals surface area (Å²) in [5, 5.41) is 22.8. The topological polar surface area (TPSA) is 112 Å². The zero-order valence-corrected chi connectivity index (χ0v) is 10.4. The Bertz CT molecular complexity index is 690. The number of aromatic amines is 2. The van der Waals surface area contributed by atoms with Crippen LogP contribution in [0.15, 0.2) is 36.5 Å². The lowest BCUT2D eigenvalue weighted by molar-refractivity contribution is 0.0950. The molecule has 0 spiro atoms. The number of nitrogens with one attached hydrogen (secondary N) is 3. The Morgan fingerprint density at radius 3 is 2.85 bits per heavy atom. The summed E-state index contributed by atoms with van der Waals surface area (Å²) < 4.78 is 0. The van der Waals surface area contributed by atoms with E-state index in [4.69, 9.17) is 0 Å². The Morgan fingerprint density at radius 1 is 1.25 bits per heavy atom. The van der Waals surface area contributed by atoms with Crippen molar-refractivity contribution in [3.8, 4) is 11.3 Å². The van der Waals surface area contributed by atoms with Crippen LogP contribution in [0.3, 0.4) is 0 Å². The molecule has 0 aliphatic carbocycles. The van der Waals surface area contributed by atoms with Crippen LogP contribution in [0.2, 0.25) is 0 Å². The molecular weight excluding hydrogens is 258 g/mol. The minimum Gasteiger partial charge on any atom is -0.344 e. The molecule has 3 aromatic rings. The first-order valence-corrected chi connectivity index (χ1v) is 5.94. The predicted octanol–water partition coefficient (Wildman–Crippen LogP) is 0.520. The molecule has 0 aliphatic rings. The number of hydrogen-bond donors (Lipinski definition) is 3. The van der Waals surface area contributed by atoms with Gasteiger partial charge in [-0.15, -0.1) is 10.2 Å². The fourth-order valence-corrected chi connectivity index (χ4v) is 1.80. The maximum Gasteiger partial charge on any atom is 0.255 e. The Labute approximate surface area is 113 Å². The Morgan fingerprint density at radius 2 is 2.10 bits per heavy atom. The van der Waals surface area contributed by atoms with Crippen molar-refractivity contribution >= 4 is 5.91 Å². The third-order valence-corrected chi connectivity index (χ3v) is 2.74. The van der Waals surface area contributed by atoms with Gasteiger partial charge in [0.1, 0.15) is 0 Å². The van der Waals surface area contributed by atoms with E-state index < -0.39 is 0 Å². The quantitative estimate of drug-likeness (QED) is 0.639. The lowest BCUT2D eigenvalue weighted by atomic mass is 10.1. The lowest BCUT2D eigenvalue weighted by Gasteiger charge is -2.03. The van der Waals surface area contributed by atoms with E-state index in [0.29, 0.717) is 17.1 Å². The number of aromatic nitrogens is 6. The molecule has 0 atom stereocenters. The molecule has 0 unspecified atom stereocenters. The van der Waals surface area contributed by atoms with Crippen LogP contribution in [0.5, 0.6) is 0 Å². The SMILES string of the molecule is O=C(NCc1nn[nH]n1)c1cn[nH]c1-c1ccccc1. The molecule has 2 heterocycles. The molecule has 2 aromatic heterocycles. The molecule has 8 nitrogen and oxygen atoms in total. The van der Waals surface area contributed by atoms with Gasteiger partial charge in [0.2, 0.25) is 0 Å². The van der Waals surface area contributed by atoms with Crippen LogP contribution in [0, 0.1) is 0 Å². The van der Waals surface area contributed by atoms with Crippen molar-refractivity contribution in [2.75, 3.05) is 0 Å². The van der Waals surface area contributed by atoms with Gasteiger partial charge in [0.15, 0.2) is 5.82 Å². The maximum absolute atomic E-state index is 12.1. The van der Waals surface area contributed by atoms with Crippen LogP contribution < -0.4 is 5.32 Å². The largest absolute Gasteiger partial charge is 0.344 e. The number of benzene rings is 1. The van der Waals surface area contributed by atoms with E-state index in [9.17, 15) is 4.79 Å². The van der Waals surface area contributed by atoms with Crippen molar-refractivity contribution in [2.24, 2.45) is 0 Å². The number of tetrazole rings is 1. The molecule has 0 aliphatic heterocycles. The van der Waals surface area contributed by atoms with Gasteiger partial charge in [-0.2, -0.15) is 10.3 Å². The molecule has 20 heavy (non-hydrogen) atoms. The van der Waals surface area contributed by atoms with Gasteiger partial charge in [-0.05, 0) is 0 Å². The summed E-state index contributed by atoms with van der Waals surface area (Å²) in [6, 6.07) is 9.52.